The summed E-state index contributed by atoms with van der Waals surface area (Å²) in [6.45, 7) is 1.82. The van der Waals surface area contributed by atoms with Crippen molar-refractivity contribution in [2.45, 2.75) is 17.8 Å². The average Bonchev–Trinajstić information content (AvgIpc) is 2.36. The predicted molar refractivity (Wildman–Crippen MR) is 71.9 cm³/mol. The zero-order valence-electron chi connectivity index (χ0n) is 10.2. The van der Waals surface area contributed by atoms with Crippen molar-refractivity contribution < 1.29 is 4.39 Å². The van der Waals surface area contributed by atoms with Crippen LogP contribution in [0.1, 0.15) is 16.8 Å². The Morgan fingerprint density at radius 1 is 1.42 bits per heavy atom. The zero-order valence-corrected chi connectivity index (χ0v) is 11.0. The largest absolute Gasteiger partial charge is 0.384 e. The van der Waals surface area contributed by atoms with Gasteiger partial charge >= 0.3 is 0 Å². The molecule has 0 aliphatic carbocycles. The third-order valence-electron chi connectivity index (χ3n) is 2.41. The van der Waals surface area contributed by atoms with Crippen molar-refractivity contribution in [2.24, 2.45) is 0 Å². The lowest BCUT2D eigenvalue weighted by molar-refractivity contribution is 0.613. The molecule has 0 bridgehead atoms. The van der Waals surface area contributed by atoms with Crippen LogP contribution in [0.4, 0.5) is 10.2 Å². The van der Waals surface area contributed by atoms with Crippen LogP contribution in [0.15, 0.2) is 29.4 Å². The van der Waals surface area contributed by atoms with Crippen LogP contribution in [0, 0.1) is 24.1 Å². The Morgan fingerprint density at radius 2 is 2.21 bits per heavy atom. The van der Waals surface area contributed by atoms with Gasteiger partial charge in [-0.15, -0.1) is 0 Å². The van der Waals surface area contributed by atoms with E-state index in [0.29, 0.717) is 22.3 Å². The van der Waals surface area contributed by atoms with Crippen molar-refractivity contribution in [2.75, 3.05) is 5.73 Å². The molecule has 6 heteroatoms. The summed E-state index contributed by atoms with van der Waals surface area (Å²) in [4.78, 5) is 8.27. The second-order valence-corrected chi connectivity index (χ2v) is 4.84. The van der Waals surface area contributed by atoms with Gasteiger partial charge in [0.1, 0.15) is 17.7 Å². The standard InChI is InChI=1S/C13H11FN4S/c1-8-5-11(16)18-13(17-8)19-7-10-4-2-3-9(6-15)12(10)14/h2-5H,7H2,1H3,(H2,16,17,18). The van der Waals surface area contributed by atoms with E-state index in [1.165, 1.54) is 17.8 Å². The molecule has 1 heterocycles. The maximum absolute atomic E-state index is 13.8. The number of rotatable bonds is 3. The number of hydrogen-bond acceptors (Lipinski definition) is 5. The molecule has 2 N–H and O–H groups in total. The quantitative estimate of drug-likeness (QED) is 0.688. The molecule has 2 aromatic rings. The zero-order chi connectivity index (χ0) is 13.8. The highest BCUT2D eigenvalue weighted by molar-refractivity contribution is 7.98. The van der Waals surface area contributed by atoms with Gasteiger partial charge in [0.2, 0.25) is 0 Å². The fourth-order valence-electron chi connectivity index (χ4n) is 1.55. The number of halogens is 1. The summed E-state index contributed by atoms with van der Waals surface area (Å²) in [6, 6.07) is 8.23. The summed E-state index contributed by atoms with van der Waals surface area (Å²) >= 11 is 1.28. The monoisotopic (exact) mass is 274 g/mol. The lowest BCUT2D eigenvalue weighted by atomic mass is 10.1. The van der Waals surface area contributed by atoms with Gasteiger partial charge in [-0.1, -0.05) is 23.9 Å². The molecule has 1 aromatic heterocycles. The molecular weight excluding hydrogens is 263 g/mol. The van der Waals surface area contributed by atoms with Gasteiger partial charge in [0, 0.05) is 17.5 Å². The van der Waals surface area contributed by atoms with Crippen molar-refractivity contribution in [3.05, 3.63) is 46.9 Å². The van der Waals surface area contributed by atoms with Crippen molar-refractivity contribution in [3.8, 4) is 6.07 Å². The van der Waals surface area contributed by atoms with Crippen LogP contribution in [0.3, 0.4) is 0 Å². The Hall–Kier alpha value is -2.13. The Morgan fingerprint density at radius 3 is 2.89 bits per heavy atom. The molecular formula is C13H11FN4S. The van der Waals surface area contributed by atoms with Gasteiger partial charge in [-0.25, -0.2) is 14.4 Å². The fraction of sp³-hybridized carbons (Fsp3) is 0.154. The van der Waals surface area contributed by atoms with Crippen molar-refractivity contribution in [1.82, 2.24) is 9.97 Å². The van der Waals surface area contributed by atoms with E-state index in [0.717, 1.165) is 5.69 Å². The first-order valence-electron chi connectivity index (χ1n) is 5.51. The van der Waals surface area contributed by atoms with Gasteiger partial charge in [-0.2, -0.15) is 5.26 Å². The molecule has 96 valence electrons. The van der Waals surface area contributed by atoms with Crippen molar-refractivity contribution in [3.63, 3.8) is 0 Å². The Labute approximate surface area is 114 Å². The van der Waals surface area contributed by atoms with E-state index in [4.69, 9.17) is 11.0 Å². The van der Waals surface area contributed by atoms with E-state index in [1.807, 2.05) is 13.0 Å². The molecule has 0 radical (unpaired) electrons. The van der Waals surface area contributed by atoms with Crippen LogP contribution < -0.4 is 5.73 Å². The molecule has 0 unspecified atom stereocenters. The molecule has 0 spiro atoms. The molecule has 2 rings (SSSR count). The Kier molecular flexibility index (Phi) is 3.97. The molecule has 0 saturated heterocycles. The van der Waals surface area contributed by atoms with Crippen LogP contribution in [0.25, 0.3) is 0 Å². The van der Waals surface area contributed by atoms with Crippen LogP contribution >= 0.6 is 11.8 Å². The van der Waals surface area contributed by atoms with Gasteiger partial charge in [-0.3, -0.25) is 0 Å². The number of nitriles is 1. The highest BCUT2D eigenvalue weighted by Gasteiger charge is 2.09. The Balaban J connectivity index is 2.17. The summed E-state index contributed by atoms with van der Waals surface area (Å²) in [5.41, 5.74) is 6.88. The molecule has 0 saturated carbocycles. The lowest BCUT2D eigenvalue weighted by Crippen LogP contribution is -1.97. The minimum atomic E-state index is -0.488. The van der Waals surface area contributed by atoms with Crippen LogP contribution in [-0.4, -0.2) is 9.97 Å². The Bertz CT molecular complexity index is 631. The minimum absolute atomic E-state index is 0.0442. The second kappa shape index (κ2) is 5.67. The first-order chi connectivity index (χ1) is 9.10. The summed E-state index contributed by atoms with van der Waals surface area (Å²) in [5.74, 6) is 0.254. The van der Waals surface area contributed by atoms with E-state index in [-0.39, 0.29) is 5.56 Å². The van der Waals surface area contributed by atoms with Gasteiger partial charge < -0.3 is 5.73 Å². The fourth-order valence-corrected chi connectivity index (χ4v) is 2.44. The normalized spacial score (nSPS) is 10.2. The number of hydrogen-bond donors (Lipinski definition) is 1. The summed E-state index contributed by atoms with van der Waals surface area (Å²) in [5, 5.41) is 9.26. The number of aryl methyl sites for hydroxylation is 1. The van der Waals surface area contributed by atoms with E-state index < -0.39 is 5.82 Å². The van der Waals surface area contributed by atoms with Gasteiger partial charge in [0.05, 0.1) is 5.56 Å². The molecule has 0 fully saturated rings. The number of nitrogens with two attached hydrogens (primary N) is 1. The third-order valence-corrected chi connectivity index (χ3v) is 3.31. The summed E-state index contributed by atoms with van der Waals surface area (Å²) in [7, 11) is 0. The predicted octanol–water partition coefficient (Wildman–Crippen LogP) is 2.67. The molecule has 0 aliphatic heterocycles. The van der Waals surface area contributed by atoms with Crippen molar-refractivity contribution in [1.29, 1.82) is 5.26 Å². The van der Waals surface area contributed by atoms with Crippen LogP contribution in [0.5, 0.6) is 0 Å². The van der Waals surface area contributed by atoms with E-state index in [1.54, 1.807) is 18.2 Å². The van der Waals surface area contributed by atoms with Crippen LogP contribution in [0.2, 0.25) is 0 Å². The molecule has 4 nitrogen and oxygen atoms in total. The first kappa shape index (κ1) is 13.3. The van der Waals surface area contributed by atoms with Crippen molar-refractivity contribution >= 4 is 17.6 Å². The minimum Gasteiger partial charge on any atom is -0.384 e. The number of anilines is 1. The summed E-state index contributed by atoms with van der Waals surface area (Å²) in [6.07, 6.45) is 0. The van der Waals surface area contributed by atoms with E-state index in [2.05, 4.69) is 9.97 Å². The lowest BCUT2D eigenvalue weighted by Gasteiger charge is -2.05. The van der Waals surface area contributed by atoms with E-state index in [9.17, 15) is 4.39 Å². The number of benzene rings is 1. The first-order valence-corrected chi connectivity index (χ1v) is 6.50. The topological polar surface area (TPSA) is 75.6 Å². The number of thioether (sulfide) groups is 1. The molecule has 1 aromatic carbocycles. The maximum atomic E-state index is 13.8. The SMILES string of the molecule is Cc1cc(N)nc(SCc2cccc(C#N)c2F)n1. The van der Waals surface area contributed by atoms with Gasteiger partial charge in [0.15, 0.2) is 5.16 Å². The number of nitrogens with zero attached hydrogens (tertiary/aromatic N) is 3. The van der Waals surface area contributed by atoms with Gasteiger partial charge in [-0.05, 0) is 18.6 Å². The average molecular weight is 274 g/mol. The maximum Gasteiger partial charge on any atom is 0.190 e. The third kappa shape index (κ3) is 3.20. The van der Waals surface area contributed by atoms with Crippen LogP contribution in [-0.2, 0) is 5.75 Å². The van der Waals surface area contributed by atoms with E-state index >= 15 is 0 Å². The summed E-state index contributed by atoms with van der Waals surface area (Å²) < 4.78 is 13.8. The van der Waals surface area contributed by atoms with Gasteiger partial charge in [0.25, 0.3) is 0 Å². The molecule has 0 aliphatic rings. The number of nitrogen functional groups attached to an aromatic ring is 1. The second-order valence-electron chi connectivity index (χ2n) is 3.90. The smallest absolute Gasteiger partial charge is 0.190 e. The highest BCUT2D eigenvalue weighted by atomic mass is 32.2. The molecule has 0 amide bonds. The number of aromatic nitrogens is 2. The molecule has 0 atom stereocenters. The molecule has 19 heavy (non-hydrogen) atoms. The highest BCUT2D eigenvalue weighted by Crippen LogP contribution is 2.23.